The average molecular weight is 425 g/mol. The minimum atomic E-state index is -0.680. The van der Waals surface area contributed by atoms with Crippen LogP contribution in [-0.2, 0) is 0 Å². The highest BCUT2D eigenvalue weighted by atomic mass is 16.3. The first-order valence-corrected chi connectivity index (χ1v) is 10.9. The Morgan fingerprint density at radius 1 is 1.13 bits per heavy atom. The van der Waals surface area contributed by atoms with Gasteiger partial charge in [0, 0.05) is 61.6 Å². The summed E-state index contributed by atoms with van der Waals surface area (Å²) in [6.07, 6.45) is 1.15. The predicted molar refractivity (Wildman–Crippen MR) is 126 cm³/mol. The van der Waals surface area contributed by atoms with Crippen LogP contribution in [0.1, 0.15) is 25.8 Å². The minimum absolute atomic E-state index is 0.0919. The molecule has 2 aromatic heterocycles. The molecule has 5 N–H and O–H groups in total. The van der Waals surface area contributed by atoms with Crippen molar-refractivity contribution in [3.8, 4) is 0 Å². The molecule has 1 fully saturated rings. The molecule has 8 heteroatoms. The van der Waals surface area contributed by atoms with Gasteiger partial charge in [0.15, 0.2) is 5.82 Å². The summed E-state index contributed by atoms with van der Waals surface area (Å²) in [5, 5.41) is 27.7. The predicted octanol–water partition coefficient (Wildman–Crippen LogP) is 2.60. The Morgan fingerprint density at radius 2 is 1.94 bits per heavy atom. The van der Waals surface area contributed by atoms with E-state index in [0.29, 0.717) is 12.6 Å². The SMILES string of the molecule is CC(C)Nc1cccnc1N1CCN(C(O)c2cc3cc(NCCO)ccc3[nH]2)CC1. The lowest BCUT2D eigenvalue weighted by Gasteiger charge is -2.38. The third-order valence-electron chi connectivity index (χ3n) is 5.55. The fourth-order valence-corrected chi connectivity index (χ4v) is 4.05. The number of pyridine rings is 1. The number of anilines is 3. The lowest BCUT2D eigenvalue weighted by molar-refractivity contribution is -0.00431. The molecule has 1 saturated heterocycles. The summed E-state index contributed by atoms with van der Waals surface area (Å²) in [5.74, 6) is 0.971. The van der Waals surface area contributed by atoms with E-state index in [-0.39, 0.29) is 6.61 Å². The van der Waals surface area contributed by atoms with Crippen LogP contribution in [0.15, 0.2) is 42.6 Å². The van der Waals surface area contributed by atoms with Crippen molar-refractivity contribution in [3.05, 3.63) is 48.3 Å². The molecule has 0 saturated carbocycles. The molecule has 8 nitrogen and oxygen atoms in total. The summed E-state index contributed by atoms with van der Waals surface area (Å²) < 4.78 is 0. The molecule has 1 aliphatic rings. The van der Waals surface area contributed by atoms with E-state index in [0.717, 1.165) is 60.0 Å². The van der Waals surface area contributed by atoms with Crippen molar-refractivity contribution in [1.82, 2.24) is 14.9 Å². The lowest BCUT2D eigenvalue weighted by atomic mass is 10.2. The highest BCUT2D eigenvalue weighted by Crippen LogP contribution is 2.28. The normalized spacial score (nSPS) is 16.1. The van der Waals surface area contributed by atoms with Gasteiger partial charge >= 0.3 is 0 Å². The maximum Gasteiger partial charge on any atom is 0.152 e. The summed E-state index contributed by atoms with van der Waals surface area (Å²) in [7, 11) is 0. The summed E-state index contributed by atoms with van der Waals surface area (Å²) in [4.78, 5) is 12.3. The van der Waals surface area contributed by atoms with E-state index >= 15 is 0 Å². The zero-order chi connectivity index (χ0) is 21.8. The zero-order valence-electron chi connectivity index (χ0n) is 18.2. The van der Waals surface area contributed by atoms with E-state index in [9.17, 15) is 5.11 Å². The monoisotopic (exact) mass is 424 g/mol. The maximum absolute atomic E-state index is 11.0. The van der Waals surface area contributed by atoms with E-state index in [1.165, 1.54) is 0 Å². The van der Waals surface area contributed by atoms with Crippen LogP contribution in [0.4, 0.5) is 17.2 Å². The Labute approximate surface area is 182 Å². The summed E-state index contributed by atoms with van der Waals surface area (Å²) >= 11 is 0. The van der Waals surface area contributed by atoms with Crippen LogP contribution in [0.25, 0.3) is 10.9 Å². The molecule has 1 aliphatic heterocycles. The highest BCUT2D eigenvalue weighted by Gasteiger charge is 2.26. The lowest BCUT2D eigenvalue weighted by Crippen LogP contribution is -2.48. The number of H-pyrrole nitrogens is 1. The number of fused-ring (bicyclic) bond motifs is 1. The molecule has 0 aliphatic carbocycles. The minimum Gasteiger partial charge on any atom is -0.395 e. The number of benzene rings is 1. The van der Waals surface area contributed by atoms with Gasteiger partial charge in [0.25, 0.3) is 0 Å². The van der Waals surface area contributed by atoms with Gasteiger partial charge < -0.3 is 30.7 Å². The van der Waals surface area contributed by atoms with Gasteiger partial charge in [-0.1, -0.05) is 0 Å². The fourth-order valence-electron chi connectivity index (χ4n) is 4.05. The standard InChI is InChI=1S/C23H32N6O2/c1-16(2)26-20-4-3-7-25-22(20)28-9-11-29(12-10-28)23(31)21-15-17-14-18(24-8-13-30)5-6-19(17)27-21/h3-7,14-16,23-24,26-27,30-31H,8-13H2,1-2H3. The number of aromatic nitrogens is 2. The average Bonchev–Trinajstić information content (AvgIpc) is 3.21. The van der Waals surface area contributed by atoms with Crippen molar-refractivity contribution in [1.29, 1.82) is 0 Å². The second kappa shape index (κ2) is 9.55. The topological polar surface area (TPSA) is 99.7 Å². The van der Waals surface area contributed by atoms with Gasteiger partial charge in [0.1, 0.15) is 6.23 Å². The number of rotatable bonds is 8. The Bertz CT molecular complexity index is 997. The Kier molecular flexibility index (Phi) is 6.60. The molecule has 3 heterocycles. The van der Waals surface area contributed by atoms with Crippen LogP contribution in [0.2, 0.25) is 0 Å². The van der Waals surface area contributed by atoms with E-state index in [2.05, 4.69) is 50.3 Å². The number of aliphatic hydroxyl groups is 2. The third-order valence-corrected chi connectivity index (χ3v) is 5.55. The van der Waals surface area contributed by atoms with Crippen LogP contribution >= 0.6 is 0 Å². The van der Waals surface area contributed by atoms with Crippen LogP contribution in [-0.4, -0.2) is 70.5 Å². The number of aliphatic hydroxyl groups excluding tert-OH is 2. The molecule has 31 heavy (non-hydrogen) atoms. The maximum atomic E-state index is 11.0. The van der Waals surface area contributed by atoms with Crippen molar-refractivity contribution < 1.29 is 10.2 Å². The van der Waals surface area contributed by atoms with Crippen molar-refractivity contribution in [2.24, 2.45) is 0 Å². The number of hydrogen-bond donors (Lipinski definition) is 5. The second-order valence-corrected chi connectivity index (χ2v) is 8.25. The van der Waals surface area contributed by atoms with Gasteiger partial charge in [0.05, 0.1) is 18.0 Å². The molecular formula is C23H32N6O2. The summed E-state index contributed by atoms with van der Waals surface area (Å²) in [5.41, 5.74) is 3.78. The van der Waals surface area contributed by atoms with Crippen LogP contribution in [0.5, 0.6) is 0 Å². The van der Waals surface area contributed by atoms with Gasteiger partial charge in [-0.3, -0.25) is 4.90 Å². The Hall–Kier alpha value is -2.81. The zero-order valence-corrected chi connectivity index (χ0v) is 18.2. The molecule has 1 atom stereocenters. The Balaban J connectivity index is 1.42. The van der Waals surface area contributed by atoms with Crippen LogP contribution < -0.4 is 15.5 Å². The first-order chi connectivity index (χ1) is 15.0. The quantitative estimate of drug-likeness (QED) is 0.379. The van der Waals surface area contributed by atoms with Crippen LogP contribution in [0.3, 0.4) is 0 Å². The van der Waals surface area contributed by atoms with Gasteiger partial charge in [-0.05, 0) is 50.2 Å². The number of aromatic amines is 1. The Morgan fingerprint density at radius 3 is 2.68 bits per heavy atom. The van der Waals surface area contributed by atoms with Gasteiger partial charge in [0.2, 0.25) is 0 Å². The van der Waals surface area contributed by atoms with E-state index < -0.39 is 6.23 Å². The number of piperazine rings is 1. The smallest absolute Gasteiger partial charge is 0.152 e. The van der Waals surface area contributed by atoms with Crippen molar-refractivity contribution >= 4 is 28.1 Å². The molecule has 166 valence electrons. The highest BCUT2D eigenvalue weighted by molar-refractivity contribution is 5.84. The molecule has 0 bridgehead atoms. The van der Waals surface area contributed by atoms with Crippen molar-refractivity contribution in [3.63, 3.8) is 0 Å². The summed E-state index contributed by atoms with van der Waals surface area (Å²) in [6, 6.07) is 12.4. The van der Waals surface area contributed by atoms with Crippen LogP contribution in [0, 0.1) is 0 Å². The number of nitrogens with one attached hydrogen (secondary N) is 3. The molecule has 3 aromatic rings. The molecule has 4 rings (SSSR count). The van der Waals surface area contributed by atoms with Gasteiger partial charge in [-0.25, -0.2) is 4.98 Å². The molecule has 1 unspecified atom stereocenters. The third kappa shape index (κ3) is 4.92. The molecule has 1 aromatic carbocycles. The van der Waals surface area contributed by atoms with Gasteiger partial charge in [-0.2, -0.15) is 0 Å². The molecule has 0 spiro atoms. The number of nitrogens with zero attached hydrogens (tertiary/aromatic N) is 3. The van der Waals surface area contributed by atoms with E-state index in [4.69, 9.17) is 5.11 Å². The van der Waals surface area contributed by atoms with Crippen molar-refractivity contribution in [2.75, 3.05) is 54.9 Å². The first-order valence-electron chi connectivity index (χ1n) is 10.9. The second-order valence-electron chi connectivity index (χ2n) is 8.25. The van der Waals surface area contributed by atoms with Gasteiger partial charge in [-0.15, -0.1) is 0 Å². The number of hydrogen-bond acceptors (Lipinski definition) is 7. The largest absolute Gasteiger partial charge is 0.395 e. The van der Waals surface area contributed by atoms with E-state index in [1.54, 1.807) is 0 Å². The van der Waals surface area contributed by atoms with Crippen molar-refractivity contribution in [2.45, 2.75) is 26.1 Å². The molecular weight excluding hydrogens is 392 g/mol. The molecule has 0 radical (unpaired) electrons. The molecule has 0 amide bonds. The fraction of sp³-hybridized carbons (Fsp3) is 0.435. The van der Waals surface area contributed by atoms with E-state index in [1.807, 2.05) is 36.5 Å². The first kappa shape index (κ1) is 21.4. The summed E-state index contributed by atoms with van der Waals surface area (Å²) in [6.45, 7) is 7.95.